The summed E-state index contributed by atoms with van der Waals surface area (Å²) in [5.74, 6) is 0. The number of thiophene rings is 1. The minimum Gasteiger partial charge on any atom is -0.309 e. The van der Waals surface area contributed by atoms with Crippen LogP contribution in [0.1, 0.15) is 25.0 Å². The third-order valence-electron chi connectivity index (χ3n) is 9.90. The number of nitrogens with zero attached hydrogens (tertiary/aromatic N) is 1. The number of hydrogen-bond acceptors (Lipinski definition) is 2. The first-order chi connectivity index (χ1) is 23.1. The molecule has 1 aromatic heterocycles. The maximum absolute atomic E-state index is 2.49. The molecule has 1 aliphatic carbocycles. The molecule has 0 amide bonds. The molecule has 47 heavy (non-hydrogen) atoms. The van der Waals surface area contributed by atoms with Crippen LogP contribution in [0.3, 0.4) is 0 Å². The predicted octanol–water partition coefficient (Wildman–Crippen LogP) is 13.2. The van der Waals surface area contributed by atoms with Crippen LogP contribution in [0.4, 0.5) is 17.1 Å². The Balaban J connectivity index is 1.32. The third kappa shape index (κ3) is 4.36. The molecule has 0 fully saturated rings. The Morgan fingerprint density at radius 1 is 0.447 bits per heavy atom. The molecule has 9 rings (SSSR count). The van der Waals surface area contributed by atoms with E-state index in [0.717, 1.165) is 5.69 Å². The van der Waals surface area contributed by atoms with Gasteiger partial charge >= 0.3 is 0 Å². The summed E-state index contributed by atoms with van der Waals surface area (Å²) in [5.41, 5.74) is 13.7. The fourth-order valence-electron chi connectivity index (χ4n) is 7.66. The van der Waals surface area contributed by atoms with Gasteiger partial charge in [-0.2, -0.15) is 0 Å². The number of rotatable bonds is 5. The van der Waals surface area contributed by atoms with Gasteiger partial charge in [-0.15, -0.1) is 11.3 Å². The van der Waals surface area contributed by atoms with Gasteiger partial charge in [0.05, 0.1) is 11.4 Å². The topological polar surface area (TPSA) is 3.24 Å². The fraction of sp³-hybridized carbons (Fsp3) is 0.0667. The third-order valence-corrected chi connectivity index (χ3v) is 11.0. The summed E-state index contributed by atoms with van der Waals surface area (Å²) in [6.07, 6.45) is 0. The summed E-state index contributed by atoms with van der Waals surface area (Å²) in [6.45, 7) is 4.72. The van der Waals surface area contributed by atoms with Crippen molar-refractivity contribution in [1.29, 1.82) is 0 Å². The Labute approximate surface area is 280 Å². The Morgan fingerprint density at radius 3 is 1.89 bits per heavy atom. The molecule has 1 nitrogen and oxygen atoms in total. The number of fused-ring (bicyclic) bond motifs is 6. The average Bonchev–Trinajstić information content (AvgIpc) is 3.62. The Kier molecular flexibility index (Phi) is 6.41. The van der Waals surface area contributed by atoms with E-state index in [4.69, 9.17) is 0 Å². The van der Waals surface area contributed by atoms with E-state index < -0.39 is 0 Å². The average molecular weight is 620 g/mol. The first-order valence-corrected chi connectivity index (χ1v) is 17.1. The van der Waals surface area contributed by atoms with Crippen LogP contribution >= 0.6 is 11.3 Å². The highest BCUT2D eigenvalue weighted by atomic mass is 32.1. The molecule has 0 saturated carbocycles. The van der Waals surface area contributed by atoms with Crippen molar-refractivity contribution in [2.45, 2.75) is 19.3 Å². The number of benzene rings is 7. The highest BCUT2D eigenvalue weighted by Gasteiger charge is 2.38. The molecule has 1 heterocycles. The second-order valence-electron chi connectivity index (χ2n) is 12.9. The lowest BCUT2D eigenvalue weighted by atomic mass is 9.82. The largest absolute Gasteiger partial charge is 0.309 e. The van der Waals surface area contributed by atoms with Gasteiger partial charge in [-0.3, -0.25) is 0 Å². The van der Waals surface area contributed by atoms with Crippen LogP contribution in [-0.4, -0.2) is 0 Å². The zero-order valence-corrected chi connectivity index (χ0v) is 27.3. The molecule has 8 aromatic rings. The molecular weight excluding hydrogens is 587 g/mol. The van der Waals surface area contributed by atoms with Crippen molar-refractivity contribution in [3.8, 4) is 33.4 Å². The number of anilines is 3. The highest BCUT2D eigenvalue weighted by molar-refractivity contribution is 7.25. The van der Waals surface area contributed by atoms with E-state index in [-0.39, 0.29) is 5.41 Å². The second-order valence-corrected chi connectivity index (χ2v) is 14.0. The lowest BCUT2D eigenvalue weighted by Crippen LogP contribution is -2.16. The van der Waals surface area contributed by atoms with Crippen LogP contribution in [0.2, 0.25) is 0 Å². The molecule has 0 saturated heterocycles. The second kappa shape index (κ2) is 10.8. The van der Waals surface area contributed by atoms with Gasteiger partial charge in [0.15, 0.2) is 0 Å². The van der Waals surface area contributed by atoms with Crippen LogP contribution in [-0.2, 0) is 5.41 Å². The van der Waals surface area contributed by atoms with Crippen molar-refractivity contribution in [1.82, 2.24) is 0 Å². The molecule has 2 heteroatoms. The molecule has 1 aliphatic rings. The van der Waals surface area contributed by atoms with E-state index in [1.165, 1.54) is 76.1 Å². The number of para-hydroxylation sites is 1. The minimum atomic E-state index is -0.0918. The summed E-state index contributed by atoms with van der Waals surface area (Å²) in [6, 6.07) is 60.0. The maximum Gasteiger partial charge on any atom is 0.0543 e. The van der Waals surface area contributed by atoms with Crippen molar-refractivity contribution >= 4 is 48.6 Å². The molecular formula is C45H33NS. The molecule has 0 spiro atoms. The standard InChI is InChI=1S/C45H33NS/c1-45(2)37-20-9-6-17-35(37)44-38(45)21-13-23-40(44)46(32-28-26-31(27-29-32)30-14-4-3-5-15-30)39-22-10-7-16-33(39)34-19-12-25-42-43(34)36-18-8-11-24-41(36)47-42/h3-29H,1-2H3. The fourth-order valence-corrected chi connectivity index (χ4v) is 8.79. The molecule has 7 aromatic carbocycles. The first kappa shape index (κ1) is 27.8. The zero-order chi connectivity index (χ0) is 31.5. The summed E-state index contributed by atoms with van der Waals surface area (Å²) >= 11 is 1.87. The van der Waals surface area contributed by atoms with E-state index in [1.54, 1.807) is 0 Å². The van der Waals surface area contributed by atoms with Crippen LogP contribution < -0.4 is 4.90 Å². The van der Waals surface area contributed by atoms with Crippen LogP contribution in [0.5, 0.6) is 0 Å². The van der Waals surface area contributed by atoms with Crippen molar-refractivity contribution in [2.75, 3.05) is 4.90 Å². The van der Waals surface area contributed by atoms with E-state index in [0.29, 0.717) is 0 Å². The van der Waals surface area contributed by atoms with Gasteiger partial charge in [-0.05, 0) is 69.8 Å². The maximum atomic E-state index is 2.49. The predicted molar refractivity (Wildman–Crippen MR) is 202 cm³/mol. The van der Waals surface area contributed by atoms with Crippen molar-refractivity contribution in [3.63, 3.8) is 0 Å². The Bertz CT molecular complexity index is 2430. The van der Waals surface area contributed by atoms with Gasteiger partial charge < -0.3 is 4.90 Å². The van der Waals surface area contributed by atoms with Crippen molar-refractivity contribution in [2.24, 2.45) is 0 Å². The van der Waals surface area contributed by atoms with Crippen LogP contribution in [0.15, 0.2) is 164 Å². The van der Waals surface area contributed by atoms with E-state index >= 15 is 0 Å². The number of hydrogen-bond donors (Lipinski definition) is 0. The Hall–Kier alpha value is -5.44. The smallest absolute Gasteiger partial charge is 0.0543 e. The molecule has 0 bridgehead atoms. The van der Waals surface area contributed by atoms with Gasteiger partial charge in [0, 0.05) is 42.4 Å². The highest BCUT2D eigenvalue weighted by Crippen LogP contribution is 2.55. The lowest BCUT2D eigenvalue weighted by Gasteiger charge is -2.31. The summed E-state index contributed by atoms with van der Waals surface area (Å²) in [5, 5.41) is 2.64. The molecule has 224 valence electrons. The monoisotopic (exact) mass is 619 g/mol. The molecule has 0 radical (unpaired) electrons. The van der Waals surface area contributed by atoms with Crippen molar-refractivity contribution in [3.05, 3.63) is 175 Å². The van der Waals surface area contributed by atoms with Gasteiger partial charge in [0.25, 0.3) is 0 Å². The first-order valence-electron chi connectivity index (χ1n) is 16.3. The van der Waals surface area contributed by atoms with Gasteiger partial charge in [0.2, 0.25) is 0 Å². The molecule has 0 aliphatic heterocycles. The molecule has 0 unspecified atom stereocenters. The SMILES string of the molecule is CC1(C)c2ccccc2-c2c(N(c3ccc(-c4ccccc4)cc3)c3ccccc3-c3cccc4sc5ccccc5c34)cccc21. The lowest BCUT2D eigenvalue weighted by molar-refractivity contribution is 0.660. The quantitative estimate of drug-likeness (QED) is 0.185. The summed E-state index contributed by atoms with van der Waals surface area (Å²) in [4.78, 5) is 2.49. The van der Waals surface area contributed by atoms with E-state index in [2.05, 4.69) is 183 Å². The van der Waals surface area contributed by atoms with Crippen LogP contribution in [0, 0.1) is 0 Å². The van der Waals surface area contributed by atoms with Crippen molar-refractivity contribution < 1.29 is 0 Å². The minimum absolute atomic E-state index is 0.0918. The van der Waals surface area contributed by atoms with Gasteiger partial charge in [-0.25, -0.2) is 0 Å². The molecule has 0 atom stereocenters. The van der Waals surface area contributed by atoms with Gasteiger partial charge in [0.1, 0.15) is 0 Å². The normalized spacial score (nSPS) is 13.1. The Morgan fingerprint density at radius 2 is 1.04 bits per heavy atom. The molecule has 0 N–H and O–H groups in total. The summed E-state index contributed by atoms with van der Waals surface area (Å²) < 4.78 is 2.63. The van der Waals surface area contributed by atoms with E-state index in [1.807, 2.05) is 11.3 Å². The van der Waals surface area contributed by atoms with Gasteiger partial charge in [-0.1, -0.05) is 141 Å². The van der Waals surface area contributed by atoms with Crippen LogP contribution in [0.25, 0.3) is 53.6 Å². The van der Waals surface area contributed by atoms with E-state index in [9.17, 15) is 0 Å². The summed E-state index contributed by atoms with van der Waals surface area (Å²) in [7, 11) is 0. The zero-order valence-electron chi connectivity index (χ0n) is 26.4.